The van der Waals surface area contributed by atoms with Crippen LogP contribution in [-0.2, 0) is 6.54 Å². The van der Waals surface area contributed by atoms with Crippen molar-refractivity contribution in [3.05, 3.63) is 72.7 Å². The molecule has 4 aromatic rings. The number of pyridine rings is 1. The van der Waals surface area contributed by atoms with Gasteiger partial charge in [-0.25, -0.2) is 19.6 Å². The number of hydrogen-bond donors (Lipinski definition) is 1. The van der Waals surface area contributed by atoms with E-state index in [-0.39, 0.29) is 11.9 Å². The SMILES string of the molecule is O=C(NC1CCC(n2cncn2)CC1)c1cnc2c(c1)ncn2Cc1ccccc1. The van der Waals surface area contributed by atoms with Crippen LogP contribution in [0.25, 0.3) is 11.2 Å². The van der Waals surface area contributed by atoms with Crippen LogP contribution in [0.15, 0.2) is 61.6 Å². The van der Waals surface area contributed by atoms with Crippen molar-refractivity contribution in [2.45, 2.75) is 44.3 Å². The van der Waals surface area contributed by atoms with E-state index in [4.69, 9.17) is 0 Å². The monoisotopic (exact) mass is 401 g/mol. The summed E-state index contributed by atoms with van der Waals surface area (Å²) in [5.74, 6) is -0.0915. The van der Waals surface area contributed by atoms with E-state index in [1.54, 1.807) is 25.2 Å². The van der Waals surface area contributed by atoms with E-state index in [9.17, 15) is 4.79 Å². The Morgan fingerprint density at radius 2 is 1.90 bits per heavy atom. The molecule has 5 rings (SSSR count). The van der Waals surface area contributed by atoms with Gasteiger partial charge in [0.05, 0.1) is 24.5 Å². The van der Waals surface area contributed by atoms with Crippen LogP contribution >= 0.6 is 0 Å². The molecule has 0 radical (unpaired) electrons. The molecule has 1 aliphatic rings. The fourth-order valence-corrected chi connectivity index (χ4v) is 4.13. The topological polar surface area (TPSA) is 90.5 Å². The molecule has 0 atom stereocenters. The first-order valence-electron chi connectivity index (χ1n) is 10.3. The Morgan fingerprint density at radius 1 is 1.07 bits per heavy atom. The number of carbonyl (C=O) groups excluding carboxylic acids is 1. The molecule has 0 spiro atoms. The number of fused-ring (bicyclic) bond motifs is 1. The number of carbonyl (C=O) groups is 1. The van der Waals surface area contributed by atoms with Gasteiger partial charge in [-0.2, -0.15) is 5.10 Å². The van der Waals surface area contributed by atoms with E-state index in [0.29, 0.717) is 18.2 Å². The smallest absolute Gasteiger partial charge is 0.253 e. The summed E-state index contributed by atoms with van der Waals surface area (Å²) in [5, 5.41) is 7.39. The summed E-state index contributed by atoms with van der Waals surface area (Å²) >= 11 is 0. The molecule has 3 heterocycles. The number of amides is 1. The average Bonchev–Trinajstić information content (AvgIpc) is 3.45. The summed E-state index contributed by atoms with van der Waals surface area (Å²) in [4.78, 5) is 25.7. The summed E-state index contributed by atoms with van der Waals surface area (Å²) < 4.78 is 3.92. The van der Waals surface area contributed by atoms with Gasteiger partial charge in [0.1, 0.15) is 18.2 Å². The number of benzene rings is 1. The minimum Gasteiger partial charge on any atom is -0.349 e. The predicted molar refractivity (Wildman–Crippen MR) is 112 cm³/mol. The summed E-state index contributed by atoms with van der Waals surface area (Å²) in [6.45, 7) is 0.699. The fourth-order valence-electron chi connectivity index (χ4n) is 4.13. The highest BCUT2D eigenvalue weighted by atomic mass is 16.1. The van der Waals surface area contributed by atoms with Crippen LogP contribution in [0.3, 0.4) is 0 Å². The van der Waals surface area contributed by atoms with Crippen LogP contribution in [0.2, 0.25) is 0 Å². The molecule has 30 heavy (non-hydrogen) atoms. The fraction of sp³-hybridized carbons (Fsp3) is 0.318. The minimum atomic E-state index is -0.0915. The lowest BCUT2D eigenvalue weighted by Gasteiger charge is -2.28. The summed E-state index contributed by atoms with van der Waals surface area (Å²) in [6.07, 6.45) is 10.6. The Bertz CT molecular complexity index is 1130. The zero-order valence-electron chi connectivity index (χ0n) is 16.6. The van der Waals surface area contributed by atoms with Crippen molar-refractivity contribution in [1.82, 2.24) is 34.6 Å². The second kappa shape index (κ2) is 8.06. The normalized spacial score (nSPS) is 19.1. The quantitative estimate of drug-likeness (QED) is 0.555. The molecular formula is C22H23N7O. The van der Waals surface area contributed by atoms with Gasteiger partial charge in [-0.1, -0.05) is 30.3 Å². The molecule has 0 aliphatic heterocycles. The maximum atomic E-state index is 12.8. The highest BCUT2D eigenvalue weighted by molar-refractivity contribution is 5.96. The lowest BCUT2D eigenvalue weighted by molar-refractivity contribution is 0.0921. The molecule has 1 aromatic carbocycles. The van der Waals surface area contributed by atoms with Crippen LogP contribution in [-0.4, -0.2) is 41.2 Å². The van der Waals surface area contributed by atoms with Crippen molar-refractivity contribution >= 4 is 17.1 Å². The Morgan fingerprint density at radius 3 is 2.67 bits per heavy atom. The molecule has 1 amide bonds. The van der Waals surface area contributed by atoms with Crippen molar-refractivity contribution < 1.29 is 4.79 Å². The van der Waals surface area contributed by atoms with Gasteiger partial charge in [-0.3, -0.25) is 4.79 Å². The lowest BCUT2D eigenvalue weighted by atomic mass is 9.91. The van der Waals surface area contributed by atoms with Crippen molar-refractivity contribution in [2.24, 2.45) is 0 Å². The highest BCUT2D eigenvalue weighted by Gasteiger charge is 2.24. The maximum Gasteiger partial charge on any atom is 0.253 e. The summed E-state index contributed by atoms with van der Waals surface area (Å²) in [7, 11) is 0. The summed E-state index contributed by atoms with van der Waals surface area (Å²) in [5.41, 5.74) is 3.24. The number of aromatic nitrogens is 6. The van der Waals surface area contributed by atoms with Crippen LogP contribution in [0.4, 0.5) is 0 Å². The van der Waals surface area contributed by atoms with E-state index in [2.05, 4.69) is 37.5 Å². The second-order valence-corrected chi connectivity index (χ2v) is 7.78. The number of nitrogens with one attached hydrogen (secondary N) is 1. The first-order valence-corrected chi connectivity index (χ1v) is 10.3. The van der Waals surface area contributed by atoms with Crippen molar-refractivity contribution in [3.8, 4) is 0 Å². The van der Waals surface area contributed by atoms with Gasteiger partial charge < -0.3 is 9.88 Å². The number of rotatable bonds is 5. The Hall–Kier alpha value is -3.55. The molecule has 8 nitrogen and oxygen atoms in total. The third-order valence-electron chi connectivity index (χ3n) is 5.76. The highest BCUT2D eigenvalue weighted by Crippen LogP contribution is 2.27. The Balaban J connectivity index is 1.23. The van der Waals surface area contributed by atoms with E-state index in [1.165, 1.54) is 5.56 Å². The van der Waals surface area contributed by atoms with Crippen molar-refractivity contribution in [1.29, 1.82) is 0 Å². The van der Waals surface area contributed by atoms with Gasteiger partial charge in [0.2, 0.25) is 0 Å². The van der Waals surface area contributed by atoms with Crippen LogP contribution in [0.1, 0.15) is 47.6 Å². The van der Waals surface area contributed by atoms with E-state index in [0.717, 1.165) is 36.8 Å². The zero-order chi connectivity index (χ0) is 20.3. The van der Waals surface area contributed by atoms with Crippen molar-refractivity contribution in [2.75, 3.05) is 0 Å². The largest absolute Gasteiger partial charge is 0.349 e. The zero-order valence-corrected chi connectivity index (χ0v) is 16.6. The maximum absolute atomic E-state index is 12.8. The third kappa shape index (κ3) is 3.80. The van der Waals surface area contributed by atoms with Gasteiger partial charge in [0, 0.05) is 12.2 Å². The number of nitrogens with zero attached hydrogens (tertiary/aromatic N) is 6. The Kier molecular flexibility index (Phi) is 4.96. The van der Waals surface area contributed by atoms with Gasteiger partial charge in [0.15, 0.2) is 5.65 Å². The molecular weight excluding hydrogens is 378 g/mol. The van der Waals surface area contributed by atoms with E-state index < -0.39 is 0 Å². The second-order valence-electron chi connectivity index (χ2n) is 7.78. The van der Waals surface area contributed by atoms with Crippen molar-refractivity contribution in [3.63, 3.8) is 0 Å². The molecule has 1 N–H and O–H groups in total. The first-order chi connectivity index (χ1) is 14.8. The molecule has 0 saturated heterocycles. The van der Waals surface area contributed by atoms with Gasteiger partial charge in [0.25, 0.3) is 5.91 Å². The first kappa shape index (κ1) is 18.5. The molecule has 8 heteroatoms. The van der Waals surface area contributed by atoms with Crippen LogP contribution in [0.5, 0.6) is 0 Å². The molecule has 1 saturated carbocycles. The minimum absolute atomic E-state index is 0.0915. The van der Waals surface area contributed by atoms with Gasteiger partial charge in [-0.15, -0.1) is 0 Å². The summed E-state index contributed by atoms with van der Waals surface area (Å²) in [6, 6.07) is 12.5. The van der Waals surface area contributed by atoms with Gasteiger partial charge in [-0.05, 0) is 37.3 Å². The van der Waals surface area contributed by atoms with E-state index >= 15 is 0 Å². The van der Waals surface area contributed by atoms with Crippen LogP contribution < -0.4 is 5.32 Å². The standard InChI is InChI=1S/C22H23N7O/c30-22(27-18-6-8-19(9-7-18)29-14-23-13-26-29)17-10-20-21(24-11-17)28(15-25-20)12-16-4-2-1-3-5-16/h1-5,10-11,13-15,18-19H,6-9,12H2,(H,27,30). The third-order valence-corrected chi connectivity index (χ3v) is 5.76. The molecule has 152 valence electrons. The molecule has 0 unspecified atom stereocenters. The number of hydrogen-bond acceptors (Lipinski definition) is 5. The molecule has 1 fully saturated rings. The predicted octanol–water partition coefficient (Wildman–Crippen LogP) is 2.98. The molecule has 3 aromatic heterocycles. The molecule has 0 bridgehead atoms. The lowest BCUT2D eigenvalue weighted by Crippen LogP contribution is -2.38. The van der Waals surface area contributed by atoms with Gasteiger partial charge >= 0.3 is 0 Å². The van der Waals surface area contributed by atoms with Crippen LogP contribution in [0, 0.1) is 0 Å². The average molecular weight is 401 g/mol. The Labute approximate surface area is 174 Å². The molecule has 1 aliphatic carbocycles. The number of imidazole rings is 1. The van der Waals surface area contributed by atoms with E-state index in [1.807, 2.05) is 33.5 Å².